The van der Waals surface area contributed by atoms with E-state index in [4.69, 9.17) is 46.4 Å². The van der Waals surface area contributed by atoms with Crippen molar-refractivity contribution < 1.29 is 9.59 Å². The van der Waals surface area contributed by atoms with Crippen LogP contribution in [0.2, 0.25) is 20.1 Å². The maximum Gasteiger partial charge on any atom is 0.267 e. The Morgan fingerprint density at radius 2 is 1.25 bits per heavy atom. The lowest BCUT2D eigenvalue weighted by atomic mass is 10.0. The molecule has 3 rings (SSSR count). The van der Waals surface area contributed by atoms with Gasteiger partial charge in [0, 0.05) is 0 Å². The SMILES string of the molecule is CC(C)c1ccccc1N1C(=O)c2c(Cl)c(Cl)c(Cl)c(Cl)c2C1=O. The van der Waals surface area contributed by atoms with Gasteiger partial charge in [0.25, 0.3) is 11.8 Å². The molecule has 0 bridgehead atoms. The minimum Gasteiger partial charge on any atom is -0.268 e. The van der Waals surface area contributed by atoms with Crippen LogP contribution in [-0.2, 0) is 0 Å². The second kappa shape index (κ2) is 6.23. The summed E-state index contributed by atoms with van der Waals surface area (Å²) in [6, 6.07) is 7.19. The van der Waals surface area contributed by atoms with Gasteiger partial charge in [-0.15, -0.1) is 0 Å². The molecule has 0 saturated carbocycles. The molecule has 1 heterocycles. The number of hydrogen-bond acceptors (Lipinski definition) is 2. The van der Waals surface area contributed by atoms with Crippen LogP contribution >= 0.6 is 46.4 Å². The third-order valence-electron chi connectivity index (χ3n) is 3.90. The van der Waals surface area contributed by atoms with E-state index in [1.165, 1.54) is 0 Å². The number of fused-ring (bicyclic) bond motifs is 1. The molecule has 3 nitrogen and oxygen atoms in total. The Kier molecular flexibility index (Phi) is 4.56. The van der Waals surface area contributed by atoms with Gasteiger partial charge < -0.3 is 0 Å². The molecule has 0 atom stereocenters. The number of anilines is 1. The minimum atomic E-state index is -0.562. The largest absolute Gasteiger partial charge is 0.268 e. The third-order valence-corrected chi connectivity index (χ3v) is 5.70. The first-order valence-electron chi connectivity index (χ1n) is 7.11. The molecule has 0 fully saturated rings. The summed E-state index contributed by atoms with van der Waals surface area (Å²) in [6.07, 6.45) is 0. The summed E-state index contributed by atoms with van der Waals surface area (Å²) in [7, 11) is 0. The van der Waals surface area contributed by atoms with Crippen LogP contribution in [0.3, 0.4) is 0 Å². The van der Waals surface area contributed by atoms with Gasteiger partial charge in [-0.1, -0.05) is 78.5 Å². The van der Waals surface area contributed by atoms with E-state index >= 15 is 0 Å². The van der Waals surface area contributed by atoms with Crippen LogP contribution in [0, 0.1) is 0 Å². The fourth-order valence-corrected chi connectivity index (χ4v) is 3.76. The van der Waals surface area contributed by atoms with Crippen LogP contribution in [-0.4, -0.2) is 11.8 Å². The zero-order chi connectivity index (χ0) is 17.8. The summed E-state index contributed by atoms with van der Waals surface area (Å²) in [5.41, 5.74) is 1.33. The molecule has 2 aromatic rings. The number of rotatable bonds is 2. The van der Waals surface area contributed by atoms with Crippen LogP contribution in [0.5, 0.6) is 0 Å². The van der Waals surface area contributed by atoms with Crippen molar-refractivity contribution in [1.82, 2.24) is 0 Å². The van der Waals surface area contributed by atoms with Gasteiger partial charge in [-0.2, -0.15) is 0 Å². The van der Waals surface area contributed by atoms with Gasteiger partial charge >= 0.3 is 0 Å². The van der Waals surface area contributed by atoms with E-state index in [0.717, 1.165) is 10.5 Å². The van der Waals surface area contributed by atoms with Crippen molar-refractivity contribution in [3.05, 3.63) is 61.0 Å². The second-order valence-electron chi connectivity index (χ2n) is 5.67. The van der Waals surface area contributed by atoms with Gasteiger partial charge in [-0.05, 0) is 17.5 Å². The maximum atomic E-state index is 12.9. The van der Waals surface area contributed by atoms with Crippen molar-refractivity contribution in [1.29, 1.82) is 0 Å². The molecule has 0 aliphatic carbocycles. The van der Waals surface area contributed by atoms with Crippen molar-refractivity contribution in [2.24, 2.45) is 0 Å². The Morgan fingerprint density at radius 1 is 0.792 bits per heavy atom. The predicted molar refractivity (Wildman–Crippen MR) is 98.2 cm³/mol. The topological polar surface area (TPSA) is 37.4 Å². The molecule has 0 radical (unpaired) electrons. The van der Waals surface area contributed by atoms with Crippen molar-refractivity contribution in [2.75, 3.05) is 4.90 Å². The lowest BCUT2D eigenvalue weighted by Crippen LogP contribution is -2.30. The molecule has 7 heteroatoms. The molecule has 0 spiro atoms. The van der Waals surface area contributed by atoms with Gasteiger partial charge in [0.2, 0.25) is 0 Å². The predicted octanol–water partition coefficient (Wildman–Crippen LogP) is 6.22. The van der Waals surface area contributed by atoms with Crippen LogP contribution < -0.4 is 4.90 Å². The molecule has 124 valence electrons. The van der Waals surface area contributed by atoms with E-state index in [1.54, 1.807) is 12.1 Å². The first kappa shape index (κ1) is 17.6. The Balaban J connectivity index is 2.27. The molecule has 1 aliphatic rings. The van der Waals surface area contributed by atoms with Crippen LogP contribution in [0.15, 0.2) is 24.3 Å². The molecule has 2 aromatic carbocycles. The van der Waals surface area contributed by atoms with E-state index < -0.39 is 11.8 Å². The highest BCUT2D eigenvalue weighted by atomic mass is 35.5. The van der Waals surface area contributed by atoms with Crippen LogP contribution in [0.4, 0.5) is 5.69 Å². The smallest absolute Gasteiger partial charge is 0.267 e. The minimum absolute atomic E-state index is 0.0142. The first-order valence-corrected chi connectivity index (χ1v) is 8.62. The van der Waals surface area contributed by atoms with Crippen LogP contribution in [0.25, 0.3) is 0 Å². The Labute approximate surface area is 159 Å². The van der Waals surface area contributed by atoms with Gasteiger partial charge in [-0.3, -0.25) is 9.59 Å². The van der Waals surface area contributed by atoms with Crippen molar-refractivity contribution in [2.45, 2.75) is 19.8 Å². The Bertz CT molecular complexity index is 846. The number of imide groups is 1. The first-order chi connectivity index (χ1) is 11.3. The lowest BCUT2D eigenvalue weighted by Gasteiger charge is -2.20. The van der Waals surface area contributed by atoms with E-state index in [9.17, 15) is 9.59 Å². The molecule has 24 heavy (non-hydrogen) atoms. The van der Waals surface area contributed by atoms with E-state index in [1.807, 2.05) is 26.0 Å². The highest BCUT2D eigenvalue weighted by molar-refractivity contribution is 6.56. The summed E-state index contributed by atoms with van der Waals surface area (Å²) in [6.45, 7) is 3.95. The summed E-state index contributed by atoms with van der Waals surface area (Å²) in [4.78, 5) is 26.8. The highest BCUT2D eigenvalue weighted by Gasteiger charge is 2.43. The van der Waals surface area contributed by atoms with Crippen molar-refractivity contribution >= 4 is 63.9 Å². The average molecular weight is 403 g/mol. The molecule has 0 unspecified atom stereocenters. The molecular formula is C17H11Cl4NO2. The maximum absolute atomic E-state index is 12.9. The van der Waals surface area contributed by atoms with Gasteiger partial charge in [-0.25, -0.2) is 4.90 Å². The number of amides is 2. The zero-order valence-corrected chi connectivity index (χ0v) is 15.7. The summed E-state index contributed by atoms with van der Waals surface area (Å²) in [5, 5.41) is -0.211. The fourth-order valence-electron chi connectivity index (χ4n) is 2.75. The van der Waals surface area contributed by atoms with E-state index in [2.05, 4.69) is 0 Å². The number of carbonyl (C=O) groups excluding carboxylic acids is 2. The quantitative estimate of drug-likeness (QED) is 0.339. The number of hydrogen-bond donors (Lipinski definition) is 0. The van der Waals surface area contributed by atoms with E-state index in [0.29, 0.717) is 5.69 Å². The van der Waals surface area contributed by atoms with Crippen molar-refractivity contribution in [3.8, 4) is 0 Å². The zero-order valence-electron chi connectivity index (χ0n) is 12.7. The molecule has 0 N–H and O–H groups in total. The number of halogens is 4. The summed E-state index contributed by atoms with van der Waals surface area (Å²) in [5.74, 6) is -1.01. The average Bonchev–Trinajstić information content (AvgIpc) is 2.81. The van der Waals surface area contributed by atoms with E-state index in [-0.39, 0.29) is 37.1 Å². The van der Waals surface area contributed by atoms with Crippen LogP contribution in [0.1, 0.15) is 46.0 Å². The molecule has 1 aliphatic heterocycles. The molecular weight excluding hydrogens is 392 g/mol. The lowest BCUT2D eigenvalue weighted by molar-refractivity contribution is 0.0926. The monoisotopic (exact) mass is 401 g/mol. The fraction of sp³-hybridized carbons (Fsp3) is 0.176. The van der Waals surface area contributed by atoms with Gasteiger partial charge in [0.1, 0.15) is 0 Å². The number of benzene rings is 2. The number of carbonyl (C=O) groups is 2. The number of para-hydroxylation sites is 1. The Hall–Kier alpha value is -1.26. The summed E-state index contributed by atoms with van der Waals surface area (Å²) >= 11 is 24.4. The molecule has 0 saturated heterocycles. The Morgan fingerprint density at radius 3 is 1.71 bits per heavy atom. The van der Waals surface area contributed by atoms with Crippen molar-refractivity contribution in [3.63, 3.8) is 0 Å². The third kappa shape index (κ3) is 2.42. The second-order valence-corrected chi connectivity index (χ2v) is 7.18. The standard InChI is InChI=1S/C17H11Cl4NO2/c1-7(2)8-5-3-4-6-9(8)22-16(23)10-11(17(22)24)13(19)15(21)14(20)12(10)18/h3-7H,1-2H3. The number of nitrogens with zero attached hydrogens (tertiary/aromatic N) is 1. The van der Waals surface area contributed by atoms with Gasteiger partial charge in [0.15, 0.2) is 0 Å². The highest BCUT2D eigenvalue weighted by Crippen LogP contribution is 2.46. The molecule has 2 amide bonds. The summed E-state index contributed by atoms with van der Waals surface area (Å²) < 4.78 is 0. The normalized spacial score (nSPS) is 13.9. The molecule has 0 aromatic heterocycles. The van der Waals surface area contributed by atoms with Gasteiger partial charge in [0.05, 0.1) is 36.9 Å².